The Balaban J connectivity index is 1.73. The Kier molecular flexibility index (Phi) is 4.13. The van der Waals surface area contributed by atoms with Gasteiger partial charge in [0.25, 0.3) is 0 Å². The minimum absolute atomic E-state index is 0.00662. The Morgan fingerprint density at radius 1 is 1.27 bits per heavy atom. The Bertz CT molecular complexity index is 1110. The molecule has 0 aliphatic carbocycles. The van der Waals surface area contributed by atoms with Crippen molar-refractivity contribution in [1.82, 2.24) is 20.0 Å². The SMILES string of the molecule is CCn1cc(-c2cc3nccc(Oc4ccc(N=O)cc4F)c3s2)nn1. The zero-order valence-corrected chi connectivity index (χ0v) is 14.4. The second kappa shape index (κ2) is 6.60. The van der Waals surface area contributed by atoms with E-state index in [1.165, 1.54) is 23.5 Å². The van der Waals surface area contributed by atoms with Gasteiger partial charge in [0.1, 0.15) is 17.1 Å². The van der Waals surface area contributed by atoms with Crippen molar-refractivity contribution in [1.29, 1.82) is 0 Å². The molecule has 0 fully saturated rings. The lowest BCUT2D eigenvalue weighted by molar-refractivity contribution is 0.447. The summed E-state index contributed by atoms with van der Waals surface area (Å²) in [5.74, 6) is -0.175. The molecular formula is C17H12FN5O2S. The maximum atomic E-state index is 14.1. The Labute approximate surface area is 151 Å². The van der Waals surface area contributed by atoms with Gasteiger partial charge in [-0.3, -0.25) is 9.67 Å². The zero-order valence-electron chi connectivity index (χ0n) is 13.6. The van der Waals surface area contributed by atoms with Crippen LogP contribution in [0.4, 0.5) is 10.1 Å². The predicted molar refractivity (Wildman–Crippen MR) is 96.2 cm³/mol. The second-order valence-electron chi connectivity index (χ2n) is 5.40. The highest BCUT2D eigenvalue weighted by Gasteiger charge is 2.14. The fraction of sp³-hybridized carbons (Fsp3) is 0.118. The fourth-order valence-electron chi connectivity index (χ4n) is 2.44. The fourth-order valence-corrected chi connectivity index (χ4v) is 3.45. The molecule has 0 radical (unpaired) electrons. The normalized spacial score (nSPS) is 11.0. The molecule has 0 unspecified atom stereocenters. The number of halogens is 1. The van der Waals surface area contributed by atoms with Gasteiger partial charge in [0.05, 0.1) is 21.3 Å². The van der Waals surface area contributed by atoms with Crippen molar-refractivity contribution in [3.8, 4) is 22.1 Å². The number of pyridine rings is 1. The van der Waals surface area contributed by atoms with E-state index in [9.17, 15) is 9.30 Å². The van der Waals surface area contributed by atoms with Crippen LogP contribution in [0.2, 0.25) is 0 Å². The molecule has 130 valence electrons. The average molecular weight is 369 g/mol. The van der Waals surface area contributed by atoms with Crippen LogP contribution in [0, 0.1) is 10.7 Å². The van der Waals surface area contributed by atoms with Crippen molar-refractivity contribution < 1.29 is 9.13 Å². The van der Waals surface area contributed by atoms with Gasteiger partial charge in [-0.2, -0.15) is 0 Å². The van der Waals surface area contributed by atoms with E-state index < -0.39 is 5.82 Å². The molecule has 4 aromatic rings. The number of aromatic nitrogens is 4. The monoisotopic (exact) mass is 369 g/mol. The molecule has 9 heteroatoms. The van der Waals surface area contributed by atoms with Gasteiger partial charge in [-0.05, 0) is 30.3 Å². The minimum Gasteiger partial charge on any atom is -0.453 e. The number of hydrogen-bond donors (Lipinski definition) is 0. The van der Waals surface area contributed by atoms with Crippen LogP contribution in [0.15, 0.2) is 47.9 Å². The van der Waals surface area contributed by atoms with E-state index in [-0.39, 0.29) is 11.4 Å². The van der Waals surface area contributed by atoms with E-state index in [1.54, 1.807) is 16.9 Å². The topological polar surface area (TPSA) is 82.3 Å². The molecule has 0 bridgehead atoms. The molecule has 0 spiro atoms. The molecule has 0 amide bonds. The Hall–Kier alpha value is -3.20. The number of aryl methyl sites for hydroxylation is 1. The highest BCUT2D eigenvalue weighted by Crippen LogP contribution is 2.39. The van der Waals surface area contributed by atoms with Crippen LogP contribution in [-0.2, 0) is 6.54 Å². The number of fused-ring (bicyclic) bond motifs is 1. The highest BCUT2D eigenvalue weighted by atomic mass is 32.1. The van der Waals surface area contributed by atoms with Crippen molar-refractivity contribution in [3.05, 3.63) is 53.4 Å². The lowest BCUT2D eigenvalue weighted by Gasteiger charge is -2.07. The second-order valence-corrected chi connectivity index (χ2v) is 6.45. The van der Waals surface area contributed by atoms with Crippen LogP contribution >= 0.6 is 11.3 Å². The third-order valence-corrected chi connectivity index (χ3v) is 4.89. The van der Waals surface area contributed by atoms with Gasteiger partial charge in [0.15, 0.2) is 11.6 Å². The maximum absolute atomic E-state index is 14.1. The summed E-state index contributed by atoms with van der Waals surface area (Å²) in [6, 6.07) is 7.36. The summed E-state index contributed by atoms with van der Waals surface area (Å²) in [5.41, 5.74) is 1.47. The zero-order chi connectivity index (χ0) is 18.1. The molecule has 26 heavy (non-hydrogen) atoms. The first kappa shape index (κ1) is 16.3. The van der Waals surface area contributed by atoms with Crippen molar-refractivity contribution in [2.45, 2.75) is 13.5 Å². The van der Waals surface area contributed by atoms with Crippen LogP contribution < -0.4 is 4.74 Å². The van der Waals surface area contributed by atoms with Crippen LogP contribution in [0.25, 0.3) is 20.8 Å². The van der Waals surface area contributed by atoms with E-state index in [2.05, 4.69) is 20.5 Å². The molecule has 1 aromatic carbocycles. The Morgan fingerprint density at radius 3 is 2.88 bits per heavy atom. The highest BCUT2D eigenvalue weighted by molar-refractivity contribution is 7.22. The molecule has 0 aliphatic heterocycles. The quantitative estimate of drug-likeness (QED) is 0.467. The minimum atomic E-state index is -0.658. The molecule has 0 atom stereocenters. The summed E-state index contributed by atoms with van der Waals surface area (Å²) in [7, 11) is 0. The summed E-state index contributed by atoms with van der Waals surface area (Å²) in [6.07, 6.45) is 3.45. The molecule has 0 saturated carbocycles. The van der Waals surface area contributed by atoms with Gasteiger partial charge in [0, 0.05) is 24.9 Å². The summed E-state index contributed by atoms with van der Waals surface area (Å²) in [5, 5.41) is 10.9. The smallest absolute Gasteiger partial charge is 0.167 e. The van der Waals surface area contributed by atoms with Gasteiger partial charge < -0.3 is 4.74 Å². The number of rotatable bonds is 5. The summed E-state index contributed by atoms with van der Waals surface area (Å²) < 4.78 is 22.3. The summed E-state index contributed by atoms with van der Waals surface area (Å²) in [6.45, 7) is 2.71. The molecule has 0 N–H and O–H groups in total. The van der Waals surface area contributed by atoms with E-state index in [0.29, 0.717) is 5.75 Å². The lowest BCUT2D eigenvalue weighted by Crippen LogP contribution is -1.93. The van der Waals surface area contributed by atoms with Crippen LogP contribution in [-0.4, -0.2) is 20.0 Å². The van der Waals surface area contributed by atoms with Crippen LogP contribution in [0.5, 0.6) is 11.5 Å². The first-order chi connectivity index (χ1) is 12.7. The molecular weight excluding hydrogens is 357 g/mol. The number of hydrogen-bond acceptors (Lipinski definition) is 7. The molecule has 0 saturated heterocycles. The van der Waals surface area contributed by atoms with Gasteiger partial charge in [-0.25, -0.2) is 4.39 Å². The summed E-state index contributed by atoms with van der Waals surface area (Å²) in [4.78, 5) is 15.7. The molecule has 3 aromatic heterocycles. The first-order valence-electron chi connectivity index (χ1n) is 7.77. The van der Waals surface area contributed by atoms with E-state index in [0.717, 1.165) is 33.4 Å². The number of thiophene rings is 1. The van der Waals surface area contributed by atoms with Crippen molar-refractivity contribution in [3.63, 3.8) is 0 Å². The van der Waals surface area contributed by atoms with Gasteiger partial charge >= 0.3 is 0 Å². The van der Waals surface area contributed by atoms with Gasteiger partial charge in [0.2, 0.25) is 0 Å². The van der Waals surface area contributed by atoms with Crippen molar-refractivity contribution in [2.75, 3.05) is 0 Å². The number of nitroso groups, excluding NO2 is 1. The molecule has 7 nitrogen and oxygen atoms in total. The average Bonchev–Trinajstić information content (AvgIpc) is 3.30. The first-order valence-corrected chi connectivity index (χ1v) is 8.59. The lowest BCUT2D eigenvalue weighted by atomic mass is 10.3. The number of ether oxygens (including phenoxy) is 1. The van der Waals surface area contributed by atoms with Crippen LogP contribution in [0.3, 0.4) is 0 Å². The summed E-state index contributed by atoms with van der Waals surface area (Å²) >= 11 is 1.44. The predicted octanol–water partition coefficient (Wildman–Crippen LogP) is 4.90. The number of nitrogens with zero attached hydrogens (tertiary/aromatic N) is 5. The Morgan fingerprint density at radius 2 is 2.15 bits per heavy atom. The molecule has 3 heterocycles. The van der Waals surface area contributed by atoms with E-state index in [1.807, 2.05) is 19.2 Å². The largest absolute Gasteiger partial charge is 0.453 e. The van der Waals surface area contributed by atoms with Crippen LogP contribution in [0.1, 0.15) is 6.92 Å². The van der Waals surface area contributed by atoms with Crippen molar-refractivity contribution >= 4 is 27.2 Å². The van der Waals surface area contributed by atoms with Gasteiger partial charge in [-0.1, -0.05) is 5.21 Å². The van der Waals surface area contributed by atoms with E-state index >= 15 is 0 Å². The third kappa shape index (κ3) is 2.93. The third-order valence-electron chi connectivity index (χ3n) is 3.73. The standard InChI is InChI=1S/C17H12FN5O2S/c1-2-23-9-13(20-22-23)16-8-12-17(26-16)15(5-6-19-12)25-14-4-3-10(21-24)7-11(14)18/h3-9H,2H2,1H3. The van der Waals surface area contributed by atoms with Gasteiger partial charge in [-0.15, -0.1) is 21.3 Å². The molecule has 0 aliphatic rings. The number of benzene rings is 1. The van der Waals surface area contributed by atoms with Crippen molar-refractivity contribution in [2.24, 2.45) is 5.18 Å². The maximum Gasteiger partial charge on any atom is 0.167 e. The van der Waals surface area contributed by atoms with E-state index in [4.69, 9.17) is 4.74 Å². The molecule has 4 rings (SSSR count).